The average molecular weight is 324 g/mol. The van der Waals surface area contributed by atoms with Gasteiger partial charge in [0, 0.05) is 17.6 Å². The van der Waals surface area contributed by atoms with Gasteiger partial charge in [-0.1, -0.05) is 26.0 Å². The minimum absolute atomic E-state index is 0.122. The van der Waals surface area contributed by atoms with Gasteiger partial charge in [0.25, 0.3) is 5.91 Å². The molecular formula is C16H22BrNO. The molecule has 0 radical (unpaired) electrons. The second kappa shape index (κ2) is 5.66. The van der Waals surface area contributed by atoms with Gasteiger partial charge in [0.2, 0.25) is 0 Å². The van der Waals surface area contributed by atoms with Crippen molar-refractivity contribution in [2.24, 2.45) is 5.41 Å². The van der Waals surface area contributed by atoms with Gasteiger partial charge in [-0.25, -0.2) is 0 Å². The maximum atomic E-state index is 12.5. The molecule has 0 unspecified atom stereocenters. The van der Waals surface area contributed by atoms with Gasteiger partial charge in [-0.2, -0.15) is 0 Å². The number of halogens is 1. The number of benzene rings is 1. The fraction of sp³-hybridized carbons (Fsp3) is 0.562. The Hall–Kier alpha value is -0.830. The Balaban J connectivity index is 2.06. The third-order valence-corrected chi connectivity index (χ3v) is 4.97. The molecule has 1 aliphatic rings. The monoisotopic (exact) mass is 323 g/mol. The molecule has 0 atom stereocenters. The zero-order chi connectivity index (χ0) is 14.0. The summed E-state index contributed by atoms with van der Waals surface area (Å²) in [6.45, 7) is 4.64. The van der Waals surface area contributed by atoms with Crippen molar-refractivity contribution in [3.05, 3.63) is 34.3 Å². The van der Waals surface area contributed by atoms with Crippen molar-refractivity contribution in [2.75, 3.05) is 7.05 Å². The van der Waals surface area contributed by atoms with Crippen LogP contribution in [0.25, 0.3) is 0 Å². The van der Waals surface area contributed by atoms with Crippen molar-refractivity contribution in [1.82, 2.24) is 4.90 Å². The van der Waals surface area contributed by atoms with Crippen LogP contribution in [-0.4, -0.2) is 23.9 Å². The lowest BCUT2D eigenvalue weighted by molar-refractivity contribution is 0.0634. The highest BCUT2D eigenvalue weighted by Gasteiger charge is 2.31. The summed E-state index contributed by atoms with van der Waals surface area (Å²) in [4.78, 5) is 14.4. The van der Waals surface area contributed by atoms with Crippen LogP contribution in [0.15, 0.2) is 28.7 Å². The highest BCUT2D eigenvalue weighted by Crippen LogP contribution is 2.37. The number of hydrogen-bond donors (Lipinski definition) is 0. The van der Waals surface area contributed by atoms with Crippen LogP contribution in [0.4, 0.5) is 0 Å². The molecule has 2 nitrogen and oxygen atoms in total. The SMILES string of the molecule is CN(C(=O)c1ccccc1Br)C1CCC(C)(C)CC1. The van der Waals surface area contributed by atoms with Crippen LogP contribution < -0.4 is 0 Å². The topological polar surface area (TPSA) is 20.3 Å². The molecule has 2 rings (SSSR count). The molecule has 1 fully saturated rings. The van der Waals surface area contributed by atoms with Gasteiger partial charge in [-0.3, -0.25) is 4.79 Å². The van der Waals surface area contributed by atoms with Crippen molar-refractivity contribution in [1.29, 1.82) is 0 Å². The van der Waals surface area contributed by atoms with Crippen LogP contribution in [-0.2, 0) is 0 Å². The van der Waals surface area contributed by atoms with E-state index in [0.29, 0.717) is 11.5 Å². The standard InChI is InChI=1S/C16H22BrNO/c1-16(2)10-8-12(9-11-16)18(3)15(19)13-6-4-5-7-14(13)17/h4-7,12H,8-11H2,1-3H3. The molecule has 0 spiro atoms. The second-order valence-electron chi connectivity index (χ2n) is 6.29. The normalized spacial score (nSPS) is 19.2. The maximum absolute atomic E-state index is 12.5. The van der Waals surface area contributed by atoms with Gasteiger partial charge in [-0.15, -0.1) is 0 Å². The van der Waals surface area contributed by atoms with Gasteiger partial charge in [0.1, 0.15) is 0 Å². The first-order chi connectivity index (χ1) is 8.91. The zero-order valence-corrected chi connectivity index (χ0v) is 13.5. The van der Waals surface area contributed by atoms with E-state index >= 15 is 0 Å². The van der Waals surface area contributed by atoms with Crippen LogP contribution in [0.5, 0.6) is 0 Å². The van der Waals surface area contributed by atoms with E-state index in [1.807, 2.05) is 36.2 Å². The Morgan fingerprint density at radius 2 is 1.84 bits per heavy atom. The number of hydrogen-bond acceptors (Lipinski definition) is 1. The lowest BCUT2D eigenvalue weighted by Gasteiger charge is -2.38. The minimum Gasteiger partial charge on any atom is -0.339 e. The van der Waals surface area contributed by atoms with E-state index in [-0.39, 0.29) is 5.91 Å². The number of carbonyl (C=O) groups is 1. The van der Waals surface area contributed by atoms with Crippen LogP contribution in [0.3, 0.4) is 0 Å². The van der Waals surface area contributed by atoms with Crippen molar-refractivity contribution < 1.29 is 4.79 Å². The quantitative estimate of drug-likeness (QED) is 0.785. The van der Waals surface area contributed by atoms with E-state index in [1.54, 1.807) is 0 Å². The van der Waals surface area contributed by atoms with Gasteiger partial charge in [-0.05, 0) is 59.2 Å². The number of amides is 1. The fourth-order valence-electron chi connectivity index (χ4n) is 2.76. The van der Waals surface area contributed by atoms with Crippen LogP contribution >= 0.6 is 15.9 Å². The smallest absolute Gasteiger partial charge is 0.254 e. The highest BCUT2D eigenvalue weighted by atomic mass is 79.9. The molecule has 0 heterocycles. The average Bonchev–Trinajstić information content (AvgIpc) is 2.38. The van der Waals surface area contributed by atoms with E-state index in [4.69, 9.17) is 0 Å². The van der Waals surface area contributed by atoms with Crippen molar-refractivity contribution in [3.8, 4) is 0 Å². The van der Waals surface area contributed by atoms with E-state index in [1.165, 1.54) is 12.8 Å². The van der Waals surface area contributed by atoms with Crippen molar-refractivity contribution in [2.45, 2.75) is 45.6 Å². The first-order valence-corrected chi connectivity index (χ1v) is 7.72. The molecule has 0 bridgehead atoms. The Morgan fingerprint density at radius 3 is 2.42 bits per heavy atom. The van der Waals surface area contributed by atoms with Crippen LogP contribution in [0, 0.1) is 5.41 Å². The molecule has 0 aromatic heterocycles. The summed E-state index contributed by atoms with van der Waals surface area (Å²) >= 11 is 3.46. The van der Waals surface area contributed by atoms with Crippen molar-refractivity contribution in [3.63, 3.8) is 0 Å². The lowest BCUT2D eigenvalue weighted by atomic mass is 9.75. The van der Waals surface area contributed by atoms with E-state index in [9.17, 15) is 4.79 Å². The van der Waals surface area contributed by atoms with Gasteiger partial charge in [0.15, 0.2) is 0 Å². The van der Waals surface area contributed by atoms with E-state index in [0.717, 1.165) is 22.9 Å². The number of nitrogens with zero attached hydrogens (tertiary/aromatic N) is 1. The predicted molar refractivity (Wildman–Crippen MR) is 82.3 cm³/mol. The molecule has 19 heavy (non-hydrogen) atoms. The molecule has 0 saturated heterocycles. The fourth-order valence-corrected chi connectivity index (χ4v) is 3.22. The van der Waals surface area contributed by atoms with Crippen LogP contribution in [0.1, 0.15) is 49.9 Å². The molecule has 0 aliphatic heterocycles. The minimum atomic E-state index is 0.122. The van der Waals surface area contributed by atoms with Gasteiger partial charge < -0.3 is 4.90 Å². The molecule has 1 aromatic carbocycles. The second-order valence-corrected chi connectivity index (χ2v) is 7.15. The molecule has 1 aromatic rings. The predicted octanol–water partition coefficient (Wildman–Crippen LogP) is 4.49. The molecule has 1 aliphatic carbocycles. The summed E-state index contributed by atoms with van der Waals surface area (Å²) in [6.07, 6.45) is 4.62. The summed E-state index contributed by atoms with van der Waals surface area (Å²) in [5.41, 5.74) is 1.20. The van der Waals surface area contributed by atoms with E-state index in [2.05, 4.69) is 29.8 Å². The molecule has 104 valence electrons. The maximum Gasteiger partial charge on any atom is 0.254 e. The van der Waals surface area contributed by atoms with E-state index < -0.39 is 0 Å². The summed E-state index contributed by atoms with van der Waals surface area (Å²) < 4.78 is 0.878. The summed E-state index contributed by atoms with van der Waals surface area (Å²) in [5, 5.41) is 0. The highest BCUT2D eigenvalue weighted by molar-refractivity contribution is 9.10. The summed E-state index contributed by atoms with van der Waals surface area (Å²) in [6, 6.07) is 8.04. The Kier molecular flexibility index (Phi) is 4.34. The first kappa shape index (κ1) is 14.6. The molecule has 3 heteroatoms. The molecular weight excluding hydrogens is 302 g/mol. The largest absolute Gasteiger partial charge is 0.339 e. The van der Waals surface area contributed by atoms with Gasteiger partial charge >= 0.3 is 0 Å². The molecule has 1 saturated carbocycles. The van der Waals surface area contributed by atoms with Crippen molar-refractivity contribution >= 4 is 21.8 Å². The Morgan fingerprint density at radius 1 is 1.26 bits per heavy atom. The number of carbonyl (C=O) groups excluding carboxylic acids is 1. The third-order valence-electron chi connectivity index (χ3n) is 4.28. The summed E-state index contributed by atoms with van der Waals surface area (Å²) in [5.74, 6) is 0.122. The Labute approximate surface area is 124 Å². The summed E-state index contributed by atoms with van der Waals surface area (Å²) in [7, 11) is 1.94. The zero-order valence-electron chi connectivity index (χ0n) is 11.9. The molecule has 1 amide bonds. The molecule has 0 N–H and O–H groups in total. The van der Waals surface area contributed by atoms with Gasteiger partial charge in [0.05, 0.1) is 5.56 Å². The Bertz CT molecular complexity index is 460. The first-order valence-electron chi connectivity index (χ1n) is 6.92. The lowest BCUT2D eigenvalue weighted by Crippen LogP contribution is -2.40. The number of rotatable bonds is 2. The third kappa shape index (κ3) is 3.38. The van der Waals surface area contributed by atoms with Crippen LogP contribution in [0.2, 0.25) is 0 Å².